The van der Waals surface area contributed by atoms with Crippen LogP contribution in [0.15, 0.2) is 60.7 Å². The highest BCUT2D eigenvalue weighted by Gasteiger charge is 2.39. The summed E-state index contributed by atoms with van der Waals surface area (Å²) >= 11 is 0. The van der Waals surface area contributed by atoms with Gasteiger partial charge in [-0.05, 0) is 83.7 Å². The van der Waals surface area contributed by atoms with E-state index in [4.69, 9.17) is 19.4 Å². The molecule has 6 aromatic rings. The number of rotatable bonds is 9. The minimum absolute atomic E-state index is 0.113. The van der Waals surface area contributed by atoms with Crippen molar-refractivity contribution in [3.05, 3.63) is 72.3 Å². The molecule has 4 aromatic carbocycles. The monoisotopic (exact) mass is 786 g/mol. The Balaban J connectivity index is 1.05. The number of benzene rings is 4. The first kappa shape index (κ1) is 38.7. The summed E-state index contributed by atoms with van der Waals surface area (Å²) in [5, 5.41) is 9.56. The molecule has 58 heavy (non-hydrogen) atoms. The molecule has 0 unspecified atom stereocenters. The quantitative estimate of drug-likeness (QED) is 0.117. The van der Waals surface area contributed by atoms with Crippen molar-refractivity contribution in [3.8, 4) is 11.1 Å². The average molecular weight is 787 g/mol. The van der Waals surface area contributed by atoms with Crippen LogP contribution in [-0.4, -0.2) is 93.1 Å². The second-order valence-electron chi connectivity index (χ2n) is 16.1. The summed E-state index contributed by atoms with van der Waals surface area (Å²) in [5.74, 6) is 0.974. The standard InChI is InChI=1S/C44H50N8O6/c1-23(2)35(49-43(55)57-5)41(53)51-19-7-9-33(51)39-45-31-17-13-27-21-25(11-15-29(27)37(31)47-39)26-12-16-30-28(22-26)14-18-32-38(30)48-40(46-32)34-10-8-20-52(34)42(54)36(24(3)4)50-44(56)58-6/h11-18,21-24,33-36H,7-10,19-20H2,1-6H3,(H,45,47)(H,46,48)(H,49,55)(H,50,56)/t33-,34-,35-,36-/m0/s1. The molecular formula is C44H50N8O6. The van der Waals surface area contributed by atoms with Crippen molar-refractivity contribution in [1.82, 2.24) is 40.4 Å². The zero-order valence-corrected chi connectivity index (χ0v) is 33.7. The van der Waals surface area contributed by atoms with Gasteiger partial charge < -0.3 is 39.9 Å². The number of fused-ring (bicyclic) bond motifs is 6. The summed E-state index contributed by atoms with van der Waals surface area (Å²) < 4.78 is 9.58. The van der Waals surface area contributed by atoms with E-state index in [-0.39, 0.29) is 35.7 Å². The lowest BCUT2D eigenvalue weighted by Crippen LogP contribution is -2.51. The van der Waals surface area contributed by atoms with E-state index in [2.05, 4.69) is 69.1 Å². The molecule has 2 aliphatic rings. The molecule has 2 aromatic heterocycles. The van der Waals surface area contributed by atoms with Crippen LogP contribution in [-0.2, 0) is 19.1 Å². The van der Waals surface area contributed by atoms with E-state index >= 15 is 0 Å². The van der Waals surface area contributed by atoms with Crippen molar-refractivity contribution in [2.75, 3.05) is 27.3 Å². The minimum Gasteiger partial charge on any atom is -0.453 e. The number of amides is 4. The molecule has 4 atom stereocenters. The summed E-state index contributed by atoms with van der Waals surface area (Å²) in [5.41, 5.74) is 5.64. The lowest BCUT2D eigenvalue weighted by Gasteiger charge is -2.29. The molecule has 8 rings (SSSR count). The first-order valence-corrected chi connectivity index (χ1v) is 20.1. The number of likely N-dealkylation sites (tertiary alicyclic amines) is 2. The lowest BCUT2D eigenvalue weighted by atomic mass is 9.98. The number of H-pyrrole nitrogens is 2. The Kier molecular flexibility index (Phi) is 10.4. The Morgan fingerprint density at radius 3 is 1.43 bits per heavy atom. The molecule has 0 radical (unpaired) electrons. The number of ether oxygens (including phenoxy) is 2. The highest BCUT2D eigenvalue weighted by molar-refractivity contribution is 6.07. The van der Waals surface area contributed by atoms with Gasteiger partial charge in [0.2, 0.25) is 11.8 Å². The Bertz CT molecular complexity index is 2380. The van der Waals surface area contributed by atoms with E-state index in [0.717, 1.165) is 92.1 Å². The van der Waals surface area contributed by atoms with Crippen molar-refractivity contribution in [1.29, 1.82) is 0 Å². The summed E-state index contributed by atoms with van der Waals surface area (Å²) in [6.07, 6.45) is 1.99. The number of methoxy groups -OCH3 is 2. The predicted molar refractivity (Wildman–Crippen MR) is 222 cm³/mol. The first-order valence-electron chi connectivity index (χ1n) is 20.1. The van der Waals surface area contributed by atoms with Gasteiger partial charge in [0, 0.05) is 23.9 Å². The van der Waals surface area contributed by atoms with Crippen molar-refractivity contribution in [2.24, 2.45) is 11.8 Å². The van der Waals surface area contributed by atoms with Crippen LogP contribution in [0.4, 0.5) is 9.59 Å². The van der Waals surface area contributed by atoms with Crippen LogP contribution in [0.1, 0.15) is 77.1 Å². The topological polar surface area (TPSA) is 175 Å². The Morgan fingerprint density at radius 1 is 0.638 bits per heavy atom. The number of carbonyl (C=O) groups excluding carboxylic acids is 4. The van der Waals surface area contributed by atoms with E-state index in [9.17, 15) is 19.2 Å². The predicted octanol–water partition coefficient (Wildman–Crippen LogP) is 7.50. The molecule has 2 saturated heterocycles. The van der Waals surface area contributed by atoms with Crippen molar-refractivity contribution in [2.45, 2.75) is 77.5 Å². The molecule has 4 amide bonds. The number of hydrogen-bond acceptors (Lipinski definition) is 8. The SMILES string of the molecule is COC(=O)N[C@H](C(=O)N1CCC[C@H]1c1nc2c(ccc3cc(-c4ccc5c(ccc6[nH]c([C@@H]7CCCN7C(=O)[C@@H](NC(=O)OC)C(C)C)nc65)c4)ccc32)[nH]1)C(C)C. The van der Waals surface area contributed by atoms with Crippen LogP contribution in [0.2, 0.25) is 0 Å². The van der Waals surface area contributed by atoms with Gasteiger partial charge in [-0.2, -0.15) is 0 Å². The van der Waals surface area contributed by atoms with E-state index in [0.29, 0.717) is 13.1 Å². The summed E-state index contributed by atoms with van der Waals surface area (Å²) in [6, 6.07) is 19.2. The molecule has 2 aliphatic heterocycles. The molecule has 0 saturated carbocycles. The molecule has 0 aliphatic carbocycles. The van der Waals surface area contributed by atoms with Gasteiger partial charge >= 0.3 is 12.2 Å². The largest absolute Gasteiger partial charge is 0.453 e. The van der Waals surface area contributed by atoms with Gasteiger partial charge in [-0.1, -0.05) is 64.1 Å². The third-order valence-electron chi connectivity index (χ3n) is 11.8. The zero-order valence-electron chi connectivity index (χ0n) is 33.7. The zero-order chi connectivity index (χ0) is 40.8. The smallest absolute Gasteiger partial charge is 0.407 e. The van der Waals surface area contributed by atoms with Gasteiger partial charge in [-0.15, -0.1) is 0 Å². The maximum atomic E-state index is 13.7. The molecule has 0 bridgehead atoms. The van der Waals surface area contributed by atoms with Crippen LogP contribution in [0.25, 0.3) is 54.7 Å². The van der Waals surface area contributed by atoms with Crippen molar-refractivity contribution >= 4 is 67.6 Å². The second kappa shape index (κ2) is 15.6. The highest BCUT2D eigenvalue weighted by Crippen LogP contribution is 2.37. The number of aromatic amines is 2. The number of nitrogens with one attached hydrogen (secondary N) is 4. The number of carbonyl (C=O) groups is 4. The molecule has 2 fully saturated rings. The van der Waals surface area contributed by atoms with Crippen LogP contribution < -0.4 is 10.6 Å². The van der Waals surface area contributed by atoms with Gasteiger partial charge in [0.25, 0.3) is 0 Å². The summed E-state index contributed by atoms with van der Waals surface area (Å²) in [7, 11) is 2.59. The van der Waals surface area contributed by atoms with E-state index in [1.165, 1.54) is 14.2 Å². The van der Waals surface area contributed by atoms with E-state index < -0.39 is 24.3 Å². The number of aromatic nitrogens is 4. The fourth-order valence-electron chi connectivity index (χ4n) is 8.70. The molecule has 14 heteroatoms. The molecule has 0 spiro atoms. The maximum absolute atomic E-state index is 13.7. The fraction of sp³-hybridized carbons (Fsp3) is 0.409. The minimum atomic E-state index is -0.698. The van der Waals surface area contributed by atoms with Gasteiger partial charge in [-0.25, -0.2) is 19.6 Å². The van der Waals surface area contributed by atoms with Gasteiger partial charge in [0.05, 0.1) is 48.4 Å². The first-order chi connectivity index (χ1) is 27.9. The van der Waals surface area contributed by atoms with E-state index in [1.54, 1.807) is 0 Å². The van der Waals surface area contributed by atoms with Gasteiger partial charge in [0.15, 0.2) is 0 Å². The van der Waals surface area contributed by atoms with Crippen LogP contribution >= 0.6 is 0 Å². The van der Waals surface area contributed by atoms with Crippen LogP contribution in [0.5, 0.6) is 0 Å². The van der Waals surface area contributed by atoms with Crippen LogP contribution in [0, 0.1) is 11.8 Å². The second-order valence-corrected chi connectivity index (χ2v) is 16.1. The van der Waals surface area contributed by atoms with Crippen molar-refractivity contribution < 1.29 is 28.7 Å². The molecule has 302 valence electrons. The molecule has 4 heterocycles. The van der Waals surface area contributed by atoms with E-state index in [1.807, 2.05) is 49.6 Å². The third kappa shape index (κ3) is 7.05. The molecule has 14 nitrogen and oxygen atoms in total. The lowest BCUT2D eigenvalue weighted by molar-refractivity contribution is -0.136. The number of hydrogen-bond donors (Lipinski definition) is 4. The van der Waals surface area contributed by atoms with Crippen molar-refractivity contribution in [3.63, 3.8) is 0 Å². The highest BCUT2D eigenvalue weighted by atomic mass is 16.5. The Labute approximate surface area is 336 Å². The molecule has 4 N–H and O–H groups in total. The third-order valence-corrected chi connectivity index (χ3v) is 11.8. The number of imidazole rings is 2. The molecular weight excluding hydrogens is 737 g/mol. The number of nitrogens with zero attached hydrogens (tertiary/aromatic N) is 4. The fourth-order valence-corrected chi connectivity index (χ4v) is 8.70. The average Bonchev–Trinajstić information content (AvgIpc) is 4.06. The Morgan fingerprint density at radius 2 is 1.05 bits per heavy atom. The Hall–Kier alpha value is -6.18. The number of alkyl carbamates (subject to hydrolysis) is 2. The summed E-state index contributed by atoms with van der Waals surface area (Å²) in [6.45, 7) is 8.81. The summed E-state index contributed by atoms with van der Waals surface area (Å²) in [4.78, 5) is 72.3. The van der Waals surface area contributed by atoms with Gasteiger partial charge in [0.1, 0.15) is 23.7 Å². The maximum Gasteiger partial charge on any atom is 0.407 e. The van der Waals surface area contributed by atoms with Gasteiger partial charge in [-0.3, -0.25) is 9.59 Å². The van der Waals surface area contributed by atoms with Crippen LogP contribution in [0.3, 0.4) is 0 Å². The normalized spacial score (nSPS) is 18.1.